The second-order valence-electron chi connectivity index (χ2n) is 4.83. The Morgan fingerprint density at radius 3 is 2.43 bits per heavy atom. The van der Waals surface area contributed by atoms with Crippen LogP contribution in [-0.4, -0.2) is 18.0 Å². The number of ketones is 1. The van der Waals surface area contributed by atoms with Crippen LogP contribution in [0.1, 0.15) is 11.1 Å². The van der Waals surface area contributed by atoms with Crippen LogP contribution in [0.4, 0.5) is 0 Å². The molecule has 2 rings (SSSR count). The van der Waals surface area contributed by atoms with Crippen molar-refractivity contribution in [3.63, 3.8) is 0 Å². The molecule has 0 saturated heterocycles. The zero-order valence-electron chi connectivity index (χ0n) is 12.8. The van der Waals surface area contributed by atoms with Gasteiger partial charge in [-0.25, -0.2) is 0 Å². The number of phenols is 1. The highest BCUT2D eigenvalue weighted by molar-refractivity contribution is 6.02. The van der Waals surface area contributed by atoms with Crippen LogP contribution in [0.25, 0.3) is 12.2 Å². The summed E-state index contributed by atoms with van der Waals surface area (Å²) in [4.78, 5) is 11.8. The molecule has 0 aliphatic heterocycles. The first-order valence-electron chi connectivity index (χ1n) is 7.17. The average molecular weight is 306 g/mol. The molecule has 0 amide bonds. The maximum Gasteiger partial charge on any atom is 0.178 e. The van der Waals surface area contributed by atoms with Gasteiger partial charge in [-0.3, -0.25) is 4.79 Å². The van der Waals surface area contributed by atoms with Gasteiger partial charge in [-0.15, -0.1) is 0 Å². The predicted octanol–water partition coefficient (Wildman–Crippen LogP) is 4.25. The van der Waals surface area contributed by atoms with Gasteiger partial charge in [0.1, 0.15) is 11.5 Å². The second kappa shape index (κ2) is 8.39. The van der Waals surface area contributed by atoms with Gasteiger partial charge in [0.25, 0.3) is 0 Å². The number of carbonyl (C=O) groups is 1. The Labute approximate surface area is 135 Å². The number of ether oxygens (including phenoxy) is 1. The lowest BCUT2D eigenvalue weighted by Crippen LogP contribution is -1.85. The van der Waals surface area contributed by atoms with Crippen molar-refractivity contribution < 1.29 is 14.6 Å². The molecular formula is C20H18O3. The summed E-state index contributed by atoms with van der Waals surface area (Å²) in [6.45, 7) is 0. The van der Waals surface area contributed by atoms with Gasteiger partial charge in [0.2, 0.25) is 0 Å². The van der Waals surface area contributed by atoms with E-state index in [1.165, 1.54) is 12.2 Å². The first-order chi connectivity index (χ1) is 11.2. The van der Waals surface area contributed by atoms with Crippen LogP contribution in [0, 0.1) is 0 Å². The van der Waals surface area contributed by atoms with Crippen LogP contribution in [0.2, 0.25) is 0 Å². The third-order valence-electron chi connectivity index (χ3n) is 3.06. The second-order valence-corrected chi connectivity index (χ2v) is 4.83. The number of methoxy groups -OCH3 is 1. The number of benzene rings is 2. The molecule has 0 saturated carbocycles. The smallest absolute Gasteiger partial charge is 0.178 e. The Bertz CT molecular complexity index is 755. The van der Waals surface area contributed by atoms with Gasteiger partial charge in [0.05, 0.1) is 7.11 Å². The highest BCUT2D eigenvalue weighted by atomic mass is 16.5. The standard InChI is InChI=1S/C20H18O3/c1-23-20-11-5-8-17(15-20)12-13-18(21)9-3-2-6-16-7-4-10-19(22)14-16/h2-15,22H,1H3/b6-2+,9-3+,13-12+. The number of hydrogen-bond acceptors (Lipinski definition) is 3. The van der Waals surface area contributed by atoms with Gasteiger partial charge in [0.15, 0.2) is 5.78 Å². The molecule has 0 unspecified atom stereocenters. The Balaban J connectivity index is 1.92. The first-order valence-corrected chi connectivity index (χ1v) is 7.17. The fraction of sp³-hybridized carbons (Fsp3) is 0.0500. The van der Waals surface area contributed by atoms with Crippen molar-refractivity contribution >= 4 is 17.9 Å². The zero-order valence-corrected chi connectivity index (χ0v) is 12.8. The largest absolute Gasteiger partial charge is 0.508 e. The van der Waals surface area contributed by atoms with Gasteiger partial charge in [0, 0.05) is 0 Å². The van der Waals surface area contributed by atoms with Crippen molar-refractivity contribution in [2.45, 2.75) is 0 Å². The molecule has 116 valence electrons. The number of aromatic hydroxyl groups is 1. The molecule has 2 aromatic rings. The minimum Gasteiger partial charge on any atom is -0.508 e. The Morgan fingerprint density at radius 2 is 1.70 bits per heavy atom. The third-order valence-corrected chi connectivity index (χ3v) is 3.06. The minimum absolute atomic E-state index is 0.103. The highest BCUT2D eigenvalue weighted by Gasteiger charge is 1.93. The van der Waals surface area contributed by atoms with Crippen LogP contribution in [0.5, 0.6) is 11.5 Å². The van der Waals surface area contributed by atoms with Gasteiger partial charge < -0.3 is 9.84 Å². The molecule has 0 spiro atoms. The topological polar surface area (TPSA) is 46.5 Å². The lowest BCUT2D eigenvalue weighted by Gasteiger charge is -1.99. The predicted molar refractivity (Wildman–Crippen MR) is 93.3 cm³/mol. The van der Waals surface area contributed by atoms with Crippen molar-refractivity contribution in [3.8, 4) is 11.5 Å². The average Bonchev–Trinajstić information content (AvgIpc) is 2.57. The molecule has 0 heterocycles. The van der Waals surface area contributed by atoms with E-state index in [9.17, 15) is 9.90 Å². The summed E-state index contributed by atoms with van der Waals surface area (Å²) >= 11 is 0. The molecule has 0 bridgehead atoms. The summed E-state index contributed by atoms with van der Waals surface area (Å²) in [7, 11) is 1.61. The molecule has 0 fully saturated rings. The lowest BCUT2D eigenvalue weighted by molar-refractivity contribution is -0.110. The summed E-state index contributed by atoms with van der Waals surface area (Å²) in [5, 5.41) is 9.35. The number of hydrogen-bond donors (Lipinski definition) is 1. The summed E-state index contributed by atoms with van der Waals surface area (Å²) in [6.07, 6.45) is 9.97. The lowest BCUT2D eigenvalue weighted by atomic mass is 10.1. The van der Waals surface area contributed by atoms with Crippen molar-refractivity contribution in [1.29, 1.82) is 0 Å². The van der Waals surface area contributed by atoms with E-state index < -0.39 is 0 Å². The van der Waals surface area contributed by atoms with E-state index >= 15 is 0 Å². The van der Waals surface area contributed by atoms with Gasteiger partial charge in [-0.05, 0) is 47.5 Å². The Hall–Kier alpha value is -3.07. The number of rotatable bonds is 6. The van der Waals surface area contributed by atoms with Crippen LogP contribution in [-0.2, 0) is 4.79 Å². The van der Waals surface area contributed by atoms with Crippen molar-refractivity contribution in [3.05, 3.63) is 84.0 Å². The minimum atomic E-state index is -0.103. The zero-order chi connectivity index (χ0) is 16.5. The summed E-state index contributed by atoms with van der Waals surface area (Å²) in [5.74, 6) is 0.867. The van der Waals surface area contributed by atoms with E-state index in [1.807, 2.05) is 36.4 Å². The molecule has 0 aliphatic carbocycles. The van der Waals surface area contributed by atoms with Gasteiger partial charge >= 0.3 is 0 Å². The monoisotopic (exact) mass is 306 g/mol. The van der Waals surface area contributed by atoms with E-state index in [2.05, 4.69) is 0 Å². The van der Waals surface area contributed by atoms with Crippen molar-refractivity contribution in [2.75, 3.05) is 7.11 Å². The molecule has 3 nitrogen and oxygen atoms in total. The van der Waals surface area contributed by atoms with Crippen molar-refractivity contribution in [1.82, 2.24) is 0 Å². The first kappa shape index (κ1) is 16.3. The van der Waals surface area contributed by atoms with E-state index in [-0.39, 0.29) is 11.5 Å². The van der Waals surface area contributed by atoms with Crippen LogP contribution in [0.15, 0.2) is 72.8 Å². The third kappa shape index (κ3) is 5.67. The molecular weight excluding hydrogens is 288 g/mol. The summed E-state index contributed by atoms with van der Waals surface area (Å²) in [5.41, 5.74) is 1.77. The van der Waals surface area contributed by atoms with Gasteiger partial charge in [-0.2, -0.15) is 0 Å². The highest BCUT2D eigenvalue weighted by Crippen LogP contribution is 2.14. The summed E-state index contributed by atoms with van der Waals surface area (Å²) in [6, 6.07) is 14.4. The SMILES string of the molecule is COc1cccc(/C=C/C(=O)/C=C/C=C/c2cccc(O)c2)c1. The van der Waals surface area contributed by atoms with Crippen LogP contribution < -0.4 is 4.74 Å². The van der Waals surface area contributed by atoms with Crippen LogP contribution in [0.3, 0.4) is 0 Å². The molecule has 1 N–H and O–H groups in total. The molecule has 0 aromatic heterocycles. The Morgan fingerprint density at radius 1 is 0.957 bits per heavy atom. The number of phenolic OH excluding ortho intramolecular Hbond substituents is 1. The van der Waals surface area contributed by atoms with E-state index in [0.29, 0.717) is 0 Å². The maximum absolute atomic E-state index is 11.8. The molecule has 0 radical (unpaired) electrons. The van der Waals surface area contributed by atoms with E-state index in [0.717, 1.165) is 16.9 Å². The fourth-order valence-corrected chi connectivity index (χ4v) is 1.92. The number of allylic oxidation sites excluding steroid dienone is 4. The van der Waals surface area contributed by atoms with Crippen molar-refractivity contribution in [2.24, 2.45) is 0 Å². The van der Waals surface area contributed by atoms with E-state index in [1.54, 1.807) is 43.5 Å². The van der Waals surface area contributed by atoms with Crippen LogP contribution >= 0.6 is 0 Å². The molecule has 2 aromatic carbocycles. The maximum atomic E-state index is 11.8. The fourth-order valence-electron chi connectivity index (χ4n) is 1.92. The normalized spacial score (nSPS) is 11.5. The van der Waals surface area contributed by atoms with E-state index in [4.69, 9.17) is 4.74 Å². The summed E-state index contributed by atoms with van der Waals surface area (Å²) < 4.78 is 5.13. The molecule has 3 heteroatoms. The molecule has 0 atom stereocenters. The molecule has 23 heavy (non-hydrogen) atoms. The Kier molecular flexibility index (Phi) is 5.95. The quantitative estimate of drug-likeness (QED) is 0.641. The number of carbonyl (C=O) groups excluding carboxylic acids is 1. The molecule has 0 aliphatic rings. The van der Waals surface area contributed by atoms with Gasteiger partial charge in [-0.1, -0.05) is 48.6 Å².